The molecule has 0 saturated carbocycles. The lowest BCUT2D eigenvalue weighted by Crippen LogP contribution is -2.25. The number of nitrogens with zero attached hydrogens (tertiary/aromatic N) is 1. The van der Waals surface area contributed by atoms with Crippen molar-refractivity contribution in [1.82, 2.24) is 10.5 Å². The topological polar surface area (TPSA) is 67.2 Å². The number of nitrogens with one attached hydrogen (secondary N) is 2. The fourth-order valence-electron chi connectivity index (χ4n) is 2.34. The second-order valence-electron chi connectivity index (χ2n) is 4.66. The van der Waals surface area contributed by atoms with Crippen LogP contribution in [-0.4, -0.2) is 17.6 Å². The second kappa shape index (κ2) is 4.85. The Morgan fingerprint density at radius 3 is 3.16 bits per heavy atom. The maximum Gasteiger partial charge on any atom is 0.294 e. The minimum Gasteiger partial charge on any atom is -0.351 e. The largest absolute Gasteiger partial charge is 0.351 e. The Kier molecular flexibility index (Phi) is 3.05. The molecule has 2 N–H and O–H groups in total. The Morgan fingerprint density at radius 1 is 1.47 bits per heavy atom. The lowest BCUT2D eigenvalue weighted by molar-refractivity contribution is 0.0987. The van der Waals surface area contributed by atoms with Crippen LogP contribution in [0.2, 0.25) is 0 Å². The van der Waals surface area contributed by atoms with E-state index in [9.17, 15) is 4.79 Å². The number of benzene rings is 1. The molecule has 98 valence electrons. The molecule has 0 unspecified atom stereocenters. The molecule has 1 aliphatic rings. The molecule has 1 aromatic carbocycles. The van der Waals surface area contributed by atoms with Crippen LogP contribution in [0.3, 0.4) is 0 Å². The third-order valence-electron chi connectivity index (χ3n) is 3.34. The lowest BCUT2D eigenvalue weighted by atomic mass is 9.99. The summed E-state index contributed by atoms with van der Waals surface area (Å²) in [5, 5.41) is 9.86. The zero-order valence-corrected chi connectivity index (χ0v) is 10.7. The first kappa shape index (κ1) is 11.9. The number of aryl methyl sites for hydroxylation is 1. The van der Waals surface area contributed by atoms with Crippen molar-refractivity contribution in [3.05, 3.63) is 46.8 Å². The van der Waals surface area contributed by atoms with Gasteiger partial charge in [0.25, 0.3) is 5.91 Å². The van der Waals surface area contributed by atoms with Crippen LogP contribution in [0, 0.1) is 6.92 Å². The van der Waals surface area contributed by atoms with Crippen LogP contribution in [0.1, 0.15) is 27.2 Å². The summed E-state index contributed by atoms with van der Waals surface area (Å²) >= 11 is 0. The molecule has 0 atom stereocenters. The van der Waals surface area contributed by atoms with Gasteiger partial charge in [0.05, 0.1) is 6.20 Å². The molecule has 1 aliphatic heterocycles. The van der Waals surface area contributed by atoms with Gasteiger partial charge in [-0.15, -0.1) is 0 Å². The van der Waals surface area contributed by atoms with E-state index in [4.69, 9.17) is 4.52 Å². The van der Waals surface area contributed by atoms with Crippen LogP contribution in [0.5, 0.6) is 0 Å². The quantitative estimate of drug-likeness (QED) is 0.862. The third-order valence-corrected chi connectivity index (χ3v) is 3.34. The van der Waals surface area contributed by atoms with E-state index in [-0.39, 0.29) is 11.7 Å². The van der Waals surface area contributed by atoms with Crippen molar-refractivity contribution >= 4 is 11.6 Å². The minimum atomic E-state index is -0.248. The summed E-state index contributed by atoms with van der Waals surface area (Å²) in [5.41, 5.74) is 4.04. The van der Waals surface area contributed by atoms with Crippen molar-refractivity contribution in [3.63, 3.8) is 0 Å². The lowest BCUT2D eigenvalue weighted by Gasteiger charge is -2.20. The van der Waals surface area contributed by atoms with E-state index in [0.717, 1.165) is 30.8 Å². The van der Waals surface area contributed by atoms with Crippen LogP contribution >= 0.6 is 0 Å². The Labute approximate surface area is 111 Å². The molecule has 3 rings (SSSR count). The summed E-state index contributed by atoms with van der Waals surface area (Å²) in [5.74, 6) is 0.0217. The van der Waals surface area contributed by atoms with Crippen LogP contribution in [0.25, 0.3) is 0 Å². The third kappa shape index (κ3) is 2.24. The average Bonchev–Trinajstić information content (AvgIpc) is 2.85. The first-order chi connectivity index (χ1) is 9.25. The van der Waals surface area contributed by atoms with E-state index in [2.05, 4.69) is 21.9 Å². The van der Waals surface area contributed by atoms with Gasteiger partial charge in [-0.1, -0.05) is 17.3 Å². The highest BCUT2D eigenvalue weighted by Gasteiger charge is 2.18. The SMILES string of the molecule is Cc1cnoc1C(=O)Nc1cccc2c1CCNC2. The van der Waals surface area contributed by atoms with Gasteiger partial charge in [0.1, 0.15) is 0 Å². The van der Waals surface area contributed by atoms with Gasteiger partial charge in [0.2, 0.25) is 5.76 Å². The number of hydrogen-bond donors (Lipinski definition) is 2. The fourth-order valence-corrected chi connectivity index (χ4v) is 2.34. The molecule has 0 bridgehead atoms. The zero-order chi connectivity index (χ0) is 13.2. The number of carbonyl (C=O) groups is 1. The molecule has 2 heterocycles. The van der Waals surface area contributed by atoms with E-state index in [1.807, 2.05) is 12.1 Å². The molecule has 0 aliphatic carbocycles. The van der Waals surface area contributed by atoms with E-state index < -0.39 is 0 Å². The van der Waals surface area contributed by atoms with Crippen molar-refractivity contribution < 1.29 is 9.32 Å². The standard InChI is InChI=1S/C14H15N3O2/c1-9-7-16-19-13(9)14(18)17-12-4-2-3-10-8-15-6-5-11(10)12/h2-4,7,15H,5-6,8H2,1H3,(H,17,18). The summed E-state index contributed by atoms with van der Waals surface area (Å²) in [4.78, 5) is 12.1. The molecule has 1 aromatic heterocycles. The Balaban J connectivity index is 1.88. The van der Waals surface area contributed by atoms with Crippen LogP contribution in [0.15, 0.2) is 28.9 Å². The zero-order valence-electron chi connectivity index (χ0n) is 10.7. The number of anilines is 1. The molecule has 19 heavy (non-hydrogen) atoms. The number of aromatic nitrogens is 1. The first-order valence-electron chi connectivity index (χ1n) is 6.30. The Bertz CT molecular complexity index is 619. The Morgan fingerprint density at radius 2 is 2.37 bits per heavy atom. The summed E-state index contributed by atoms with van der Waals surface area (Å²) in [6.45, 7) is 3.58. The summed E-state index contributed by atoms with van der Waals surface area (Å²) in [7, 11) is 0. The van der Waals surface area contributed by atoms with Crippen molar-refractivity contribution in [2.75, 3.05) is 11.9 Å². The predicted octanol–water partition coefficient (Wildman–Crippen LogP) is 1.88. The Hall–Kier alpha value is -2.14. The highest BCUT2D eigenvalue weighted by molar-refractivity contribution is 6.03. The van der Waals surface area contributed by atoms with Crippen LogP contribution in [0.4, 0.5) is 5.69 Å². The van der Waals surface area contributed by atoms with Gasteiger partial charge in [0.15, 0.2) is 0 Å². The number of amides is 1. The van der Waals surface area contributed by atoms with E-state index in [0.29, 0.717) is 0 Å². The number of rotatable bonds is 2. The summed E-state index contributed by atoms with van der Waals surface area (Å²) < 4.78 is 4.97. The van der Waals surface area contributed by atoms with Gasteiger partial charge in [0, 0.05) is 17.8 Å². The van der Waals surface area contributed by atoms with Crippen LogP contribution in [-0.2, 0) is 13.0 Å². The number of fused-ring (bicyclic) bond motifs is 1. The molecule has 0 radical (unpaired) electrons. The maximum atomic E-state index is 12.1. The molecule has 1 amide bonds. The molecular weight excluding hydrogens is 242 g/mol. The molecule has 0 spiro atoms. The van der Waals surface area contributed by atoms with E-state index in [1.54, 1.807) is 13.1 Å². The second-order valence-corrected chi connectivity index (χ2v) is 4.66. The highest BCUT2D eigenvalue weighted by atomic mass is 16.5. The van der Waals surface area contributed by atoms with Crippen molar-refractivity contribution in [2.24, 2.45) is 0 Å². The molecule has 5 nitrogen and oxygen atoms in total. The molecule has 2 aromatic rings. The van der Waals surface area contributed by atoms with Crippen LogP contribution < -0.4 is 10.6 Å². The summed E-state index contributed by atoms with van der Waals surface area (Å²) in [6, 6.07) is 5.96. The summed E-state index contributed by atoms with van der Waals surface area (Å²) in [6.07, 6.45) is 2.46. The normalized spacial score (nSPS) is 13.9. The van der Waals surface area contributed by atoms with Gasteiger partial charge in [-0.3, -0.25) is 4.79 Å². The van der Waals surface area contributed by atoms with Gasteiger partial charge in [-0.05, 0) is 37.1 Å². The van der Waals surface area contributed by atoms with Gasteiger partial charge >= 0.3 is 0 Å². The van der Waals surface area contributed by atoms with E-state index in [1.165, 1.54) is 11.1 Å². The number of carbonyl (C=O) groups excluding carboxylic acids is 1. The van der Waals surface area contributed by atoms with Gasteiger partial charge in [-0.25, -0.2) is 0 Å². The molecule has 5 heteroatoms. The smallest absolute Gasteiger partial charge is 0.294 e. The molecule has 0 fully saturated rings. The number of hydrogen-bond acceptors (Lipinski definition) is 4. The predicted molar refractivity (Wildman–Crippen MR) is 71.0 cm³/mol. The van der Waals surface area contributed by atoms with Gasteiger partial charge < -0.3 is 15.2 Å². The molecular formula is C14H15N3O2. The monoisotopic (exact) mass is 257 g/mol. The first-order valence-corrected chi connectivity index (χ1v) is 6.30. The highest BCUT2D eigenvalue weighted by Crippen LogP contribution is 2.23. The average molecular weight is 257 g/mol. The molecule has 0 saturated heterocycles. The fraction of sp³-hybridized carbons (Fsp3) is 0.286. The maximum absolute atomic E-state index is 12.1. The van der Waals surface area contributed by atoms with Crippen molar-refractivity contribution in [2.45, 2.75) is 19.9 Å². The van der Waals surface area contributed by atoms with E-state index >= 15 is 0 Å². The van der Waals surface area contributed by atoms with Crippen molar-refractivity contribution in [1.29, 1.82) is 0 Å². The van der Waals surface area contributed by atoms with Crippen molar-refractivity contribution in [3.8, 4) is 0 Å². The van der Waals surface area contributed by atoms with Gasteiger partial charge in [-0.2, -0.15) is 0 Å². The minimum absolute atomic E-state index is 0.248.